The zero-order chi connectivity index (χ0) is 20.8. The summed E-state index contributed by atoms with van der Waals surface area (Å²) >= 11 is 0. The maximum Gasteiger partial charge on any atom is 0.227 e. The Morgan fingerprint density at radius 1 is 1.00 bits per heavy atom. The Morgan fingerprint density at radius 3 is 2.24 bits per heavy atom. The van der Waals surface area contributed by atoms with Crippen LogP contribution >= 0.6 is 0 Å². The molecule has 3 rings (SSSR count). The third-order valence-corrected chi connectivity index (χ3v) is 4.95. The SMILES string of the molecule is COc1cc(OC)c(OC)cc1CNC(=O)Cc1ccc(N2CCCC2=O)cc1. The van der Waals surface area contributed by atoms with Gasteiger partial charge in [0.15, 0.2) is 11.5 Å². The van der Waals surface area contributed by atoms with Gasteiger partial charge >= 0.3 is 0 Å². The van der Waals surface area contributed by atoms with Crippen molar-refractivity contribution in [3.05, 3.63) is 47.5 Å². The molecule has 1 fully saturated rings. The Kier molecular flexibility index (Phi) is 6.59. The first-order valence-electron chi connectivity index (χ1n) is 9.50. The Hall–Kier alpha value is -3.22. The van der Waals surface area contributed by atoms with Gasteiger partial charge in [-0.25, -0.2) is 0 Å². The highest BCUT2D eigenvalue weighted by Crippen LogP contribution is 2.34. The highest BCUT2D eigenvalue weighted by Gasteiger charge is 2.21. The van der Waals surface area contributed by atoms with Crippen molar-refractivity contribution in [2.24, 2.45) is 0 Å². The number of nitrogens with one attached hydrogen (secondary N) is 1. The van der Waals surface area contributed by atoms with Crippen LogP contribution in [0, 0.1) is 0 Å². The molecule has 0 bridgehead atoms. The first-order valence-corrected chi connectivity index (χ1v) is 9.50. The second-order valence-electron chi connectivity index (χ2n) is 6.79. The summed E-state index contributed by atoms with van der Waals surface area (Å²) in [6.07, 6.45) is 1.75. The molecule has 1 aliphatic heterocycles. The molecule has 2 aromatic carbocycles. The second-order valence-corrected chi connectivity index (χ2v) is 6.79. The molecule has 0 aliphatic carbocycles. The summed E-state index contributed by atoms with van der Waals surface area (Å²) < 4.78 is 16.0. The number of benzene rings is 2. The monoisotopic (exact) mass is 398 g/mol. The maximum absolute atomic E-state index is 12.4. The molecule has 29 heavy (non-hydrogen) atoms. The lowest BCUT2D eigenvalue weighted by atomic mass is 10.1. The predicted octanol–water partition coefficient (Wildman–Crippen LogP) is 2.70. The number of hydrogen-bond donors (Lipinski definition) is 1. The summed E-state index contributed by atoms with van der Waals surface area (Å²) in [6, 6.07) is 11.1. The van der Waals surface area contributed by atoms with E-state index in [4.69, 9.17) is 14.2 Å². The molecular weight excluding hydrogens is 372 g/mol. The van der Waals surface area contributed by atoms with Gasteiger partial charge in [0.2, 0.25) is 11.8 Å². The summed E-state index contributed by atoms with van der Waals surface area (Å²) in [5.41, 5.74) is 2.56. The van der Waals surface area contributed by atoms with Crippen molar-refractivity contribution in [2.45, 2.75) is 25.8 Å². The van der Waals surface area contributed by atoms with Crippen LogP contribution in [0.2, 0.25) is 0 Å². The van der Waals surface area contributed by atoms with Gasteiger partial charge in [-0.2, -0.15) is 0 Å². The van der Waals surface area contributed by atoms with Gasteiger partial charge in [-0.05, 0) is 30.2 Å². The minimum absolute atomic E-state index is 0.105. The van der Waals surface area contributed by atoms with Gasteiger partial charge in [-0.3, -0.25) is 9.59 Å². The zero-order valence-electron chi connectivity index (χ0n) is 17.0. The fraction of sp³-hybridized carbons (Fsp3) is 0.364. The zero-order valence-corrected chi connectivity index (χ0v) is 17.0. The van der Waals surface area contributed by atoms with Gasteiger partial charge in [0.1, 0.15) is 5.75 Å². The first kappa shape index (κ1) is 20.5. The number of carbonyl (C=O) groups is 2. The molecule has 1 saturated heterocycles. The van der Waals surface area contributed by atoms with Crippen molar-refractivity contribution in [1.29, 1.82) is 0 Å². The number of nitrogens with zero attached hydrogens (tertiary/aromatic N) is 1. The largest absolute Gasteiger partial charge is 0.496 e. The molecule has 7 heteroatoms. The molecule has 0 saturated carbocycles. The van der Waals surface area contributed by atoms with Crippen LogP contribution in [0.5, 0.6) is 17.2 Å². The minimum Gasteiger partial charge on any atom is -0.496 e. The van der Waals surface area contributed by atoms with E-state index in [0.29, 0.717) is 30.2 Å². The third-order valence-electron chi connectivity index (χ3n) is 4.95. The third kappa shape index (κ3) is 4.80. The van der Waals surface area contributed by atoms with E-state index >= 15 is 0 Å². The lowest BCUT2D eigenvalue weighted by Crippen LogP contribution is -2.25. The highest BCUT2D eigenvalue weighted by molar-refractivity contribution is 5.95. The van der Waals surface area contributed by atoms with Crippen molar-refractivity contribution >= 4 is 17.5 Å². The first-order chi connectivity index (χ1) is 14.0. The number of carbonyl (C=O) groups excluding carboxylic acids is 2. The highest BCUT2D eigenvalue weighted by atomic mass is 16.5. The van der Waals surface area contributed by atoms with Gasteiger partial charge in [0, 0.05) is 36.8 Å². The van der Waals surface area contributed by atoms with Gasteiger partial charge < -0.3 is 24.4 Å². The number of rotatable bonds is 8. The summed E-state index contributed by atoms with van der Waals surface area (Å²) in [4.78, 5) is 26.0. The molecule has 0 radical (unpaired) electrons. The van der Waals surface area contributed by atoms with Crippen molar-refractivity contribution in [3.63, 3.8) is 0 Å². The lowest BCUT2D eigenvalue weighted by molar-refractivity contribution is -0.120. The summed E-state index contributed by atoms with van der Waals surface area (Å²) in [5.74, 6) is 1.80. The molecule has 154 valence electrons. The Bertz CT molecular complexity index is 880. The van der Waals surface area contributed by atoms with E-state index in [1.165, 1.54) is 0 Å². The van der Waals surface area contributed by atoms with Crippen LogP contribution in [-0.4, -0.2) is 39.7 Å². The van der Waals surface area contributed by atoms with Gasteiger partial charge in [0.05, 0.1) is 27.8 Å². The van der Waals surface area contributed by atoms with Crippen molar-refractivity contribution in [1.82, 2.24) is 5.32 Å². The van der Waals surface area contributed by atoms with E-state index in [1.54, 1.807) is 38.4 Å². The lowest BCUT2D eigenvalue weighted by Gasteiger charge is -2.16. The second kappa shape index (κ2) is 9.32. The molecular formula is C22H26N2O5. The van der Waals surface area contributed by atoms with E-state index < -0.39 is 0 Å². The average Bonchev–Trinajstić information content (AvgIpc) is 3.17. The van der Waals surface area contributed by atoms with Gasteiger partial charge in [0.25, 0.3) is 0 Å². The number of hydrogen-bond acceptors (Lipinski definition) is 5. The van der Waals surface area contributed by atoms with Crippen LogP contribution in [0.4, 0.5) is 5.69 Å². The maximum atomic E-state index is 12.4. The number of methoxy groups -OCH3 is 3. The van der Waals surface area contributed by atoms with E-state index in [9.17, 15) is 9.59 Å². The predicted molar refractivity (Wildman–Crippen MR) is 110 cm³/mol. The number of ether oxygens (including phenoxy) is 3. The number of amides is 2. The van der Waals surface area contributed by atoms with E-state index in [1.807, 2.05) is 24.3 Å². The fourth-order valence-electron chi connectivity index (χ4n) is 3.39. The molecule has 0 aromatic heterocycles. The van der Waals surface area contributed by atoms with Gasteiger partial charge in [-0.15, -0.1) is 0 Å². The van der Waals surface area contributed by atoms with E-state index in [2.05, 4.69) is 5.32 Å². The van der Waals surface area contributed by atoms with Crippen LogP contribution in [0.25, 0.3) is 0 Å². The molecule has 1 heterocycles. The smallest absolute Gasteiger partial charge is 0.227 e. The standard InChI is InChI=1S/C22H26N2O5/c1-27-18-13-20(29-3)19(28-2)12-16(18)14-23-21(25)11-15-6-8-17(9-7-15)24-10-4-5-22(24)26/h6-9,12-13H,4-5,10-11,14H2,1-3H3,(H,23,25). The van der Waals surface area contributed by atoms with Crippen LogP contribution in [-0.2, 0) is 22.6 Å². The summed E-state index contributed by atoms with van der Waals surface area (Å²) in [7, 11) is 4.69. The average molecular weight is 398 g/mol. The molecule has 0 unspecified atom stereocenters. The Morgan fingerprint density at radius 2 is 1.66 bits per heavy atom. The van der Waals surface area contributed by atoms with Crippen molar-refractivity contribution < 1.29 is 23.8 Å². The topological polar surface area (TPSA) is 77.1 Å². The molecule has 2 aromatic rings. The van der Waals surface area contributed by atoms with E-state index in [-0.39, 0.29) is 18.2 Å². The molecule has 0 atom stereocenters. The van der Waals surface area contributed by atoms with Crippen molar-refractivity contribution in [2.75, 3.05) is 32.8 Å². The molecule has 2 amide bonds. The van der Waals surface area contributed by atoms with Gasteiger partial charge in [-0.1, -0.05) is 12.1 Å². The van der Waals surface area contributed by atoms with Crippen LogP contribution in [0.15, 0.2) is 36.4 Å². The van der Waals surface area contributed by atoms with Crippen LogP contribution < -0.4 is 24.4 Å². The summed E-state index contributed by atoms with van der Waals surface area (Å²) in [5, 5.41) is 2.91. The quantitative estimate of drug-likeness (QED) is 0.740. The molecule has 0 spiro atoms. The normalized spacial score (nSPS) is 13.3. The Labute approximate surface area is 170 Å². The molecule has 1 N–H and O–H groups in total. The summed E-state index contributed by atoms with van der Waals surface area (Å²) in [6.45, 7) is 1.06. The molecule has 7 nitrogen and oxygen atoms in total. The minimum atomic E-state index is -0.105. The fourth-order valence-corrected chi connectivity index (χ4v) is 3.39. The molecule has 1 aliphatic rings. The Balaban J connectivity index is 1.60. The van der Waals surface area contributed by atoms with Crippen molar-refractivity contribution in [3.8, 4) is 17.2 Å². The van der Waals surface area contributed by atoms with Crippen LogP contribution in [0.3, 0.4) is 0 Å². The number of anilines is 1. The van der Waals surface area contributed by atoms with Crippen LogP contribution in [0.1, 0.15) is 24.0 Å². The van der Waals surface area contributed by atoms with E-state index in [0.717, 1.165) is 29.8 Å².